The zero-order chi connectivity index (χ0) is 23.1. The number of aromatic nitrogens is 2. The van der Waals surface area contributed by atoms with E-state index in [1.165, 1.54) is 6.26 Å². The Bertz CT molecular complexity index is 1240. The van der Waals surface area contributed by atoms with Gasteiger partial charge in [-0.2, -0.15) is 0 Å². The molecule has 8 heteroatoms. The Balaban J connectivity index is 1.57. The lowest BCUT2D eigenvalue weighted by Crippen LogP contribution is -2.39. The molecule has 1 aromatic carbocycles. The standard InChI is InChI=1S/C24H27N3O4S/c1-24(2,3)31-23(28)27-12-10-16(11-13-27)19-8-9-20-22(19)26-21(15-25-20)17-6-5-7-18(14-17)32(4,29)30/h5-8,10,14-15H,9,11-13H2,1-4H3. The van der Waals surface area contributed by atoms with Crippen molar-refractivity contribution < 1.29 is 17.9 Å². The van der Waals surface area contributed by atoms with E-state index >= 15 is 0 Å². The van der Waals surface area contributed by atoms with Gasteiger partial charge in [-0.3, -0.25) is 4.98 Å². The first-order chi connectivity index (χ1) is 15.0. The predicted molar refractivity (Wildman–Crippen MR) is 123 cm³/mol. The topological polar surface area (TPSA) is 89.5 Å². The van der Waals surface area contributed by atoms with Crippen LogP contribution in [0.25, 0.3) is 16.8 Å². The highest BCUT2D eigenvalue weighted by Crippen LogP contribution is 2.35. The second-order valence-electron chi connectivity index (χ2n) is 9.08. The second kappa shape index (κ2) is 8.16. The van der Waals surface area contributed by atoms with Crippen LogP contribution in [-0.2, 0) is 21.0 Å². The lowest BCUT2D eigenvalue weighted by atomic mass is 9.98. The molecule has 0 radical (unpaired) electrons. The van der Waals surface area contributed by atoms with Gasteiger partial charge in [-0.25, -0.2) is 18.2 Å². The Labute approximate surface area is 188 Å². The van der Waals surface area contributed by atoms with Crippen LogP contribution in [0.5, 0.6) is 0 Å². The van der Waals surface area contributed by atoms with Crippen LogP contribution in [0, 0.1) is 0 Å². The molecule has 1 amide bonds. The number of amides is 1. The first-order valence-electron chi connectivity index (χ1n) is 10.6. The van der Waals surface area contributed by atoms with Gasteiger partial charge < -0.3 is 9.64 Å². The van der Waals surface area contributed by atoms with Gasteiger partial charge in [-0.15, -0.1) is 0 Å². The van der Waals surface area contributed by atoms with Crippen molar-refractivity contribution in [2.24, 2.45) is 0 Å². The van der Waals surface area contributed by atoms with Crippen LogP contribution in [0.1, 0.15) is 38.6 Å². The molecule has 0 bridgehead atoms. The van der Waals surface area contributed by atoms with Crippen LogP contribution in [0.2, 0.25) is 0 Å². The molecular weight excluding hydrogens is 426 g/mol. The van der Waals surface area contributed by atoms with Gasteiger partial charge in [0.2, 0.25) is 0 Å². The number of hydrogen-bond donors (Lipinski definition) is 0. The Morgan fingerprint density at radius 2 is 1.97 bits per heavy atom. The third-order valence-corrected chi connectivity index (χ3v) is 6.48. The first-order valence-corrected chi connectivity index (χ1v) is 12.4. The number of rotatable bonds is 3. The zero-order valence-corrected chi connectivity index (χ0v) is 19.6. The SMILES string of the molecule is CC(C)(C)OC(=O)N1CC=C(C2=CCc3ncc(-c4cccc(S(C)(=O)=O)c4)nc32)CC1. The van der Waals surface area contributed by atoms with Crippen molar-refractivity contribution >= 4 is 21.5 Å². The summed E-state index contributed by atoms with van der Waals surface area (Å²) in [7, 11) is -3.31. The van der Waals surface area contributed by atoms with Crippen molar-refractivity contribution in [1.82, 2.24) is 14.9 Å². The van der Waals surface area contributed by atoms with E-state index in [1.54, 1.807) is 29.3 Å². The number of carbonyl (C=O) groups excluding carboxylic acids is 1. The molecule has 0 saturated heterocycles. The zero-order valence-electron chi connectivity index (χ0n) is 18.8. The molecule has 32 heavy (non-hydrogen) atoms. The molecule has 2 heterocycles. The van der Waals surface area contributed by atoms with Gasteiger partial charge in [0.1, 0.15) is 5.60 Å². The molecule has 0 atom stereocenters. The van der Waals surface area contributed by atoms with Crippen molar-refractivity contribution in [3.8, 4) is 11.3 Å². The summed E-state index contributed by atoms with van der Waals surface area (Å²) in [5.74, 6) is 0. The summed E-state index contributed by atoms with van der Waals surface area (Å²) in [6, 6.07) is 6.76. The third kappa shape index (κ3) is 4.75. The highest BCUT2D eigenvalue weighted by molar-refractivity contribution is 7.90. The molecule has 1 aromatic heterocycles. The summed E-state index contributed by atoms with van der Waals surface area (Å²) in [5, 5.41) is 0. The average molecular weight is 454 g/mol. The minimum Gasteiger partial charge on any atom is -0.444 e. The maximum Gasteiger partial charge on any atom is 0.410 e. The maximum absolute atomic E-state index is 12.3. The van der Waals surface area contributed by atoms with Crippen molar-refractivity contribution in [3.05, 3.63) is 59.6 Å². The van der Waals surface area contributed by atoms with Crippen molar-refractivity contribution in [2.45, 2.75) is 44.1 Å². The first kappa shape index (κ1) is 22.2. The number of fused-ring (bicyclic) bond motifs is 1. The number of ether oxygens (including phenoxy) is 1. The lowest BCUT2D eigenvalue weighted by molar-refractivity contribution is 0.0267. The normalized spacial score (nSPS) is 16.3. The third-order valence-electron chi connectivity index (χ3n) is 5.37. The van der Waals surface area contributed by atoms with E-state index in [0.717, 1.165) is 22.5 Å². The van der Waals surface area contributed by atoms with Crippen molar-refractivity contribution in [3.63, 3.8) is 0 Å². The molecule has 1 aliphatic carbocycles. The Morgan fingerprint density at radius 1 is 1.19 bits per heavy atom. The Morgan fingerprint density at radius 3 is 2.62 bits per heavy atom. The van der Waals surface area contributed by atoms with Gasteiger partial charge in [0.25, 0.3) is 0 Å². The van der Waals surface area contributed by atoms with E-state index in [2.05, 4.69) is 11.1 Å². The number of allylic oxidation sites excluding steroid dienone is 2. The average Bonchev–Trinajstić information content (AvgIpc) is 3.15. The quantitative estimate of drug-likeness (QED) is 0.696. The highest BCUT2D eigenvalue weighted by atomic mass is 32.2. The van der Waals surface area contributed by atoms with Gasteiger partial charge >= 0.3 is 6.09 Å². The van der Waals surface area contributed by atoms with E-state index < -0.39 is 15.4 Å². The van der Waals surface area contributed by atoms with Crippen LogP contribution in [-0.4, -0.2) is 54.3 Å². The molecule has 1 aliphatic heterocycles. The minimum absolute atomic E-state index is 0.255. The fraction of sp³-hybridized carbons (Fsp3) is 0.375. The molecule has 2 aromatic rings. The molecule has 0 N–H and O–H groups in total. The summed E-state index contributed by atoms with van der Waals surface area (Å²) in [4.78, 5) is 23.7. The van der Waals surface area contributed by atoms with E-state index in [-0.39, 0.29) is 11.0 Å². The summed E-state index contributed by atoms with van der Waals surface area (Å²) in [6.45, 7) is 6.64. The Hall–Kier alpha value is -3.00. The van der Waals surface area contributed by atoms with Crippen LogP contribution in [0.15, 0.2) is 53.1 Å². The van der Waals surface area contributed by atoms with E-state index in [1.807, 2.05) is 32.9 Å². The number of carbonyl (C=O) groups is 1. The monoisotopic (exact) mass is 453 g/mol. The van der Waals surface area contributed by atoms with Gasteiger partial charge in [0.05, 0.1) is 28.2 Å². The van der Waals surface area contributed by atoms with Crippen molar-refractivity contribution in [1.29, 1.82) is 0 Å². The van der Waals surface area contributed by atoms with Crippen LogP contribution < -0.4 is 0 Å². The molecule has 168 valence electrons. The molecule has 4 rings (SSSR count). The van der Waals surface area contributed by atoms with Crippen molar-refractivity contribution in [2.75, 3.05) is 19.3 Å². The summed E-state index contributed by atoms with van der Waals surface area (Å²) < 4.78 is 29.3. The van der Waals surface area contributed by atoms with E-state index in [9.17, 15) is 13.2 Å². The molecule has 0 fully saturated rings. The van der Waals surface area contributed by atoms with E-state index in [0.29, 0.717) is 37.2 Å². The summed E-state index contributed by atoms with van der Waals surface area (Å²) in [6.07, 6.45) is 8.16. The van der Waals surface area contributed by atoms with E-state index in [4.69, 9.17) is 9.72 Å². The molecule has 0 saturated carbocycles. The van der Waals surface area contributed by atoms with Gasteiger partial charge in [0, 0.05) is 36.9 Å². The smallest absolute Gasteiger partial charge is 0.410 e. The van der Waals surface area contributed by atoms with Gasteiger partial charge in [-0.1, -0.05) is 24.3 Å². The van der Waals surface area contributed by atoms with Gasteiger partial charge in [0.15, 0.2) is 9.84 Å². The fourth-order valence-corrected chi connectivity index (χ4v) is 4.46. The molecule has 0 unspecified atom stereocenters. The number of sulfone groups is 1. The minimum atomic E-state index is -3.31. The molecular formula is C24H27N3O4S. The predicted octanol–water partition coefficient (Wildman–Crippen LogP) is 4.05. The molecule has 2 aliphatic rings. The van der Waals surface area contributed by atoms with Crippen LogP contribution >= 0.6 is 0 Å². The maximum atomic E-state index is 12.3. The second-order valence-corrected chi connectivity index (χ2v) is 11.1. The van der Waals surface area contributed by atoms with Crippen LogP contribution in [0.4, 0.5) is 4.79 Å². The Kier molecular flexibility index (Phi) is 5.67. The highest BCUT2D eigenvalue weighted by Gasteiger charge is 2.27. The number of hydrogen-bond acceptors (Lipinski definition) is 6. The van der Waals surface area contributed by atoms with Crippen LogP contribution in [0.3, 0.4) is 0 Å². The molecule has 0 spiro atoms. The van der Waals surface area contributed by atoms with Gasteiger partial charge in [-0.05, 0) is 44.9 Å². The lowest BCUT2D eigenvalue weighted by Gasteiger charge is -2.29. The summed E-state index contributed by atoms with van der Waals surface area (Å²) >= 11 is 0. The largest absolute Gasteiger partial charge is 0.444 e. The number of benzene rings is 1. The summed E-state index contributed by atoms with van der Waals surface area (Å²) in [5.41, 5.74) is 4.73. The number of nitrogens with zero attached hydrogens (tertiary/aromatic N) is 3. The molecule has 7 nitrogen and oxygen atoms in total. The fourth-order valence-electron chi connectivity index (χ4n) is 3.79.